The molecule has 0 N–H and O–H groups in total. The SMILES string of the molecule is [2HH].c1ccc(-c2nc(-c3ccccc3)nc(-c3cccc(-n4c5ccccc5c5cc(-n6c7ccccc7c7ccc8c9ccccc9oc8c76)ccc54)c3)n2)cc1. The van der Waals surface area contributed by atoms with E-state index in [0.717, 1.165) is 77.5 Å². The normalized spacial score (nSPS) is 11.9. The fraction of sp³-hybridized carbons (Fsp3) is 0. The van der Waals surface area contributed by atoms with Gasteiger partial charge in [0, 0.05) is 61.8 Å². The summed E-state index contributed by atoms with van der Waals surface area (Å²) in [6, 6.07) is 65.5. The highest BCUT2D eigenvalue weighted by Gasteiger charge is 2.21. The molecule has 12 rings (SSSR count). The lowest BCUT2D eigenvalue weighted by Gasteiger charge is -2.12. The van der Waals surface area contributed by atoms with E-state index in [9.17, 15) is 0 Å². The van der Waals surface area contributed by atoms with E-state index in [2.05, 4.69) is 130 Å². The number of fused-ring (bicyclic) bond motifs is 10. The molecule has 0 saturated carbocycles. The van der Waals surface area contributed by atoms with Crippen LogP contribution in [0.4, 0.5) is 0 Å². The molecule has 0 fully saturated rings. The van der Waals surface area contributed by atoms with Crippen molar-refractivity contribution in [2.45, 2.75) is 0 Å². The van der Waals surface area contributed by atoms with Gasteiger partial charge in [0.25, 0.3) is 0 Å². The number of hydrogen-bond donors (Lipinski definition) is 0. The molecular formula is C51H33N5O. The maximum Gasteiger partial charge on any atom is 0.164 e. The van der Waals surface area contributed by atoms with E-state index in [0.29, 0.717) is 17.5 Å². The molecule has 0 aliphatic rings. The first-order valence-corrected chi connectivity index (χ1v) is 19.1. The Hall–Kier alpha value is -7.83. The Kier molecular flexibility index (Phi) is 6.83. The van der Waals surface area contributed by atoms with E-state index < -0.39 is 0 Å². The Bertz CT molecular complexity index is 3470. The van der Waals surface area contributed by atoms with Gasteiger partial charge in [-0.25, -0.2) is 15.0 Å². The largest absolute Gasteiger partial charge is 0.454 e. The second-order valence-electron chi connectivity index (χ2n) is 14.4. The average molecular weight is 733 g/mol. The Morgan fingerprint density at radius 1 is 0.351 bits per heavy atom. The molecule has 0 aliphatic heterocycles. The number of para-hydroxylation sites is 3. The van der Waals surface area contributed by atoms with E-state index in [1.807, 2.05) is 66.7 Å². The molecule has 6 heteroatoms. The summed E-state index contributed by atoms with van der Waals surface area (Å²) >= 11 is 0. The van der Waals surface area contributed by atoms with Crippen LogP contribution in [-0.4, -0.2) is 24.1 Å². The molecule has 0 amide bonds. The maximum atomic E-state index is 6.65. The topological polar surface area (TPSA) is 61.7 Å². The van der Waals surface area contributed by atoms with E-state index in [-0.39, 0.29) is 1.43 Å². The summed E-state index contributed by atoms with van der Waals surface area (Å²) in [6.07, 6.45) is 0. The third-order valence-corrected chi connectivity index (χ3v) is 11.2. The molecule has 0 radical (unpaired) electrons. The van der Waals surface area contributed by atoms with Gasteiger partial charge in [-0.15, -0.1) is 0 Å². The Morgan fingerprint density at radius 2 is 0.877 bits per heavy atom. The Balaban J connectivity index is 0.00000385. The summed E-state index contributed by atoms with van der Waals surface area (Å²) in [7, 11) is 0. The number of benzene rings is 8. The zero-order valence-corrected chi connectivity index (χ0v) is 30.5. The smallest absolute Gasteiger partial charge is 0.164 e. The Labute approximate surface area is 328 Å². The maximum absolute atomic E-state index is 6.65. The fourth-order valence-corrected chi connectivity index (χ4v) is 8.60. The minimum absolute atomic E-state index is 0. The van der Waals surface area contributed by atoms with Gasteiger partial charge in [0.15, 0.2) is 23.1 Å². The zero-order valence-electron chi connectivity index (χ0n) is 30.5. The van der Waals surface area contributed by atoms with Gasteiger partial charge in [0.2, 0.25) is 0 Å². The van der Waals surface area contributed by atoms with Gasteiger partial charge in [-0.2, -0.15) is 0 Å². The van der Waals surface area contributed by atoms with Gasteiger partial charge in [0.05, 0.1) is 22.1 Å². The number of hydrogen-bond acceptors (Lipinski definition) is 4. The molecule has 0 saturated heterocycles. The summed E-state index contributed by atoms with van der Waals surface area (Å²) in [4.78, 5) is 15.0. The third kappa shape index (κ3) is 4.87. The van der Waals surface area contributed by atoms with Crippen LogP contribution in [0.2, 0.25) is 0 Å². The van der Waals surface area contributed by atoms with Crippen molar-refractivity contribution in [3.63, 3.8) is 0 Å². The lowest BCUT2D eigenvalue weighted by Crippen LogP contribution is -2.01. The second-order valence-corrected chi connectivity index (χ2v) is 14.4. The van der Waals surface area contributed by atoms with E-state index in [1.54, 1.807) is 0 Å². The monoisotopic (exact) mass is 732 g/mol. The van der Waals surface area contributed by atoms with E-state index >= 15 is 0 Å². The summed E-state index contributed by atoms with van der Waals surface area (Å²) < 4.78 is 11.4. The van der Waals surface area contributed by atoms with Crippen molar-refractivity contribution in [3.05, 3.63) is 188 Å². The lowest BCUT2D eigenvalue weighted by atomic mass is 10.1. The molecule has 57 heavy (non-hydrogen) atoms. The first-order valence-electron chi connectivity index (χ1n) is 19.1. The van der Waals surface area contributed by atoms with Crippen LogP contribution in [0.1, 0.15) is 1.43 Å². The summed E-state index contributed by atoms with van der Waals surface area (Å²) in [5.41, 5.74) is 11.1. The zero-order chi connectivity index (χ0) is 37.5. The molecule has 4 heterocycles. The van der Waals surface area contributed by atoms with Gasteiger partial charge in [-0.1, -0.05) is 133 Å². The van der Waals surface area contributed by atoms with Crippen molar-refractivity contribution in [2.24, 2.45) is 0 Å². The molecule has 0 unspecified atom stereocenters. The summed E-state index contributed by atoms with van der Waals surface area (Å²) in [5.74, 6) is 1.90. The van der Waals surface area contributed by atoms with Crippen molar-refractivity contribution < 1.29 is 5.84 Å². The number of aromatic nitrogens is 5. The molecule has 12 aromatic rings. The average Bonchev–Trinajstić information content (AvgIpc) is 3.94. The van der Waals surface area contributed by atoms with Gasteiger partial charge < -0.3 is 13.6 Å². The van der Waals surface area contributed by atoms with Crippen LogP contribution in [0.3, 0.4) is 0 Å². The van der Waals surface area contributed by atoms with Crippen molar-refractivity contribution in [3.8, 4) is 45.5 Å². The molecule has 6 nitrogen and oxygen atoms in total. The molecule has 0 aliphatic carbocycles. The van der Waals surface area contributed by atoms with Crippen molar-refractivity contribution in [1.82, 2.24) is 24.1 Å². The van der Waals surface area contributed by atoms with Gasteiger partial charge in [0.1, 0.15) is 5.58 Å². The minimum Gasteiger partial charge on any atom is -0.454 e. The quantitative estimate of drug-likeness (QED) is 0.177. The van der Waals surface area contributed by atoms with Crippen molar-refractivity contribution in [1.29, 1.82) is 0 Å². The standard InChI is InChI=1S/C51H31N5O.H2/c1-3-14-32(15-4-1)49-52-50(33-16-5-2-6-17-33)54-51(53-49)34-18-13-19-35(30-34)55-43-23-10-8-21-38(43)42-31-36(26-29-45(42)55)56-44-24-11-7-20-37(44)40-27-28-41-39-22-9-12-25-46(39)57-48(41)47(40)56;/h1-31H;1H/i;1+1. The van der Waals surface area contributed by atoms with Crippen LogP contribution >= 0.6 is 0 Å². The van der Waals surface area contributed by atoms with Gasteiger partial charge in [-0.05, 0) is 54.6 Å². The highest BCUT2D eigenvalue weighted by Crippen LogP contribution is 2.42. The van der Waals surface area contributed by atoms with E-state index in [4.69, 9.17) is 19.4 Å². The first-order chi connectivity index (χ1) is 28.3. The van der Waals surface area contributed by atoms with Crippen molar-refractivity contribution in [2.75, 3.05) is 0 Å². The van der Waals surface area contributed by atoms with Gasteiger partial charge in [-0.3, -0.25) is 0 Å². The minimum atomic E-state index is 0. The van der Waals surface area contributed by atoms with Crippen LogP contribution in [0, 0.1) is 0 Å². The molecule has 0 spiro atoms. The lowest BCUT2D eigenvalue weighted by molar-refractivity contribution is 0.671. The van der Waals surface area contributed by atoms with Crippen LogP contribution in [-0.2, 0) is 0 Å². The van der Waals surface area contributed by atoms with Crippen LogP contribution in [0.25, 0.3) is 111 Å². The predicted molar refractivity (Wildman–Crippen MR) is 234 cm³/mol. The van der Waals surface area contributed by atoms with Crippen LogP contribution < -0.4 is 0 Å². The molecule has 8 aromatic carbocycles. The van der Waals surface area contributed by atoms with Crippen LogP contribution in [0.5, 0.6) is 0 Å². The molecule has 0 bridgehead atoms. The molecule has 0 atom stereocenters. The third-order valence-electron chi connectivity index (χ3n) is 11.2. The predicted octanol–water partition coefficient (Wildman–Crippen LogP) is 13.2. The number of nitrogens with zero attached hydrogens (tertiary/aromatic N) is 5. The summed E-state index contributed by atoms with van der Waals surface area (Å²) in [5, 5.41) is 6.93. The molecular weight excluding hydrogens is 699 g/mol. The summed E-state index contributed by atoms with van der Waals surface area (Å²) in [6.45, 7) is 0. The van der Waals surface area contributed by atoms with Crippen LogP contribution in [0.15, 0.2) is 192 Å². The molecule has 268 valence electrons. The number of rotatable bonds is 5. The second kappa shape index (κ2) is 12.3. The highest BCUT2D eigenvalue weighted by molar-refractivity contribution is 6.21. The Morgan fingerprint density at radius 3 is 1.60 bits per heavy atom. The van der Waals surface area contributed by atoms with E-state index in [1.165, 1.54) is 16.2 Å². The van der Waals surface area contributed by atoms with Crippen molar-refractivity contribution >= 4 is 65.6 Å². The number of furan rings is 1. The molecule has 4 aromatic heterocycles. The first kappa shape index (κ1) is 31.5. The van der Waals surface area contributed by atoms with Gasteiger partial charge >= 0.3 is 0 Å². The highest BCUT2D eigenvalue weighted by atomic mass is 16.3. The fourth-order valence-electron chi connectivity index (χ4n) is 8.60.